The van der Waals surface area contributed by atoms with Crippen molar-refractivity contribution in [3.8, 4) is 5.75 Å². The molecule has 0 spiro atoms. The van der Waals surface area contributed by atoms with Crippen LogP contribution in [0.5, 0.6) is 5.75 Å². The van der Waals surface area contributed by atoms with Crippen LogP contribution >= 0.6 is 11.6 Å². The second kappa shape index (κ2) is 6.58. The first-order valence-corrected chi connectivity index (χ1v) is 7.91. The smallest absolute Gasteiger partial charge is 0.261 e. The Bertz CT molecular complexity index is 716. The summed E-state index contributed by atoms with van der Waals surface area (Å²) in [6, 6.07) is 5.26. The van der Waals surface area contributed by atoms with Crippen LogP contribution in [0.3, 0.4) is 0 Å². The molecule has 2 aromatic rings. The molecule has 7 heteroatoms. The number of halogens is 1. The zero-order chi connectivity index (χ0) is 16.4. The van der Waals surface area contributed by atoms with E-state index in [1.807, 2.05) is 6.92 Å². The van der Waals surface area contributed by atoms with Crippen LogP contribution in [0.15, 0.2) is 22.7 Å². The molecule has 23 heavy (non-hydrogen) atoms. The number of rotatable bonds is 4. The summed E-state index contributed by atoms with van der Waals surface area (Å²) in [6.07, 6.45) is 1.75. The highest BCUT2D eigenvalue weighted by Gasteiger charge is 2.33. The Hall–Kier alpha value is -2.08. The lowest BCUT2D eigenvalue weighted by Gasteiger charge is -2.22. The Kier molecular flexibility index (Phi) is 4.52. The van der Waals surface area contributed by atoms with Gasteiger partial charge in [0.05, 0.1) is 6.04 Å². The van der Waals surface area contributed by atoms with E-state index in [2.05, 4.69) is 10.1 Å². The first-order valence-electron chi connectivity index (χ1n) is 7.54. The van der Waals surface area contributed by atoms with Gasteiger partial charge in [0.1, 0.15) is 5.75 Å². The van der Waals surface area contributed by atoms with Crippen LogP contribution < -0.4 is 4.74 Å². The molecule has 0 aliphatic carbocycles. The molecule has 1 aromatic heterocycles. The second-order valence-corrected chi connectivity index (χ2v) is 5.98. The molecule has 1 atom stereocenters. The van der Waals surface area contributed by atoms with Crippen molar-refractivity contribution in [3.05, 3.63) is 40.5 Å². The molecule has 6 nitrogen and oxygen atoms in total. The molecule has 2 heterocycles. The average Bonchev–Trinajstić information content (AvgIpc) is 3.17. The van der Waals surface area contributed by atoms with Gasteiger partial charge in [-0.15, -0.1) is 0 Å². The highest BCUT2D eigenvalue weighted by atomic mass is 35.5. The van der Waals surface area contributed by atoms with Crippen LogP contribution in [0.2, 0.25) is 5.02 Å². The maximum Gasteiger partial charge on any atom is 0.261 e. The van der Waals surface area contributed by atoms with Crippen molar-refractivity contribution in [2.45, 2.75) is 32.7 Å². The van der Waals surface area contributed by atoms with Gasteiger partial charge in [0.15, 0.2) is 12.4 Å². The minimum absolute atomic E-state index is 0.0332. The first-order chi connectivity index (χ1) is 11.1. The fourth-order valence-corrected chi connectivity index (χ4v) is 2.92. The van der Waals surface area contributed by atoms with Gasteiger partial charge in [-0.1, -0.05) is 22.8 Å². The average molecular weight is 336 g/mol. The fourth-order valence-electron chi connectivity index (χ4n) is 2.75. The van der Waals surface area contributed by atoms with E-state index in [-0.39, 0.29) is 18.6 Å². The van der Waals surface area contributed by atoms with Gasteiger partial charge in [-0.25, -0.2) is 0 Å². The van der Waals surface area contributed by atoms with E-state index < -0.39 is 0 Å². The van der Waals surface area contributed by atoms with Crippen LogP contribution in [-0.4, -0.2) is 34.1 Å². The van der Waals surface area contributed by atoms with Crippen molar-refractivity contribution < 1.29 is 14.1 Å². The van der Waals surface area contributed by atoms with Crippen molar-refractivity contribution in [1.82, 2.24) is 15.0 Å². The number of likely N-dealkylation sites (tertiary alicyclic amines) is 1. The van der Waals surface area contributed by atoms with Gasteiger partial charge < -0.3 is 14.2 Å². The second-order valence-electron chi connectivity index (χ2n) is 5.57. The predicted molar refractivity (Wildman–Crippen MR) is 84.4 cm³/mol. The van der Waals surface area contributed by atoms with Gasteiger partial charge in [0.2, 0.25) is 5.89 Å². The number of carbonyl (C=O) groups excluding carboxylic acids is 1. The molecule has 1 unspecified atom stereocenters. The van der Waals surface area contributed by atoms with Gasteiger partial charge >= 0.3 is 0 Å². The number of ether oxygens (including phenoxy) is 1. The number of benzene rings is 1. The zero-order valence-electron chi connectivity index (χ0n) is 13.1. The van der Waals surface area contributed by atoms with Crippen LogP contribution in [0.1, 0.15) is 36.2 Å². The summed E-state index contributed by atoms with van der Waals surface area (Å²) in [7, 11) is 0. The third kappa shape index (κ3) is 3.32. The number of carbonyl (C=O) groups is 1. The molecule has 1 fully saturated rings. The van der Waals surface area contributed by atoms with E-state index >= 15 is 0 Å². The highest BCUT2D eigenvalue weighted by molar-refractivity contribution is 6.31. The van der Waals surface area contributed by atoms with Gasteiger partial charge in [0.25, 0.3) is 5.91 Å². The minimum Gasteiger partial charge on any atom is -0.483 e. The predicted octanol–water partition coefficient (Wildman–Crippen LogP) is 3.08. The third-order valence-electron chi connectivity index (χ3n) is 3.98. The summed E-state index contributed by atoms with van der Waals surface area (Å²) in [6.45, 7) is 4.25. The van der Waals surface area contributed by atoms with Crippen molar-refractivity contribution >= 4 is 17.5 Å². The lowest BCUT2D eigenvalue weighted by atomic mass is 10.2. The largest absolute Gasteiger partial charge is 0.483 e. The lowest BCUT2D eigenvalue weighted by molar-refractivity contribution is -0.134. The van der Waals surface area contributed by atoms with Gasteiger partial charge in [-0.3, -0.25) is 4.79 Å². The highest BCUT2D eigenvalue weighted by Crippen LogP contribution is 2.30. The van der Waals surface area contributed by atoms with Crippen molar-refractivity contribution in [3.63, 3.8) is 0 Å². The molecule has 1 aromatic carbocycles. The number of hydrogen-bond donors (Lipinski definition) is 0. The number of aryl methyl sites for hydroxylation is 1. The van der Waals surface area contributed by atoms with Crippen LogP contribution in [0, 0.1) is 13.8 Å². The molecule has 1 aliphatic heterocycles. The number of hydrogen-bond acceptors (Lipinski definition) is 5. The van der Waals surface area contributed by atoms with Crippen LogP contribution in [0.4, 0.5) is 0 Å². The summed E-state index contributed by atoms with van der Waals surface area (Å²) in [4.78, 5) is 18.5. The maximum absolute atomic E-state index is 12.5. The quantitative estimate of drug-likeness (QED) is 0.858. The summed E-state index contributed by atoms with van der Waals surface area (Å²) >= 11 is 6.06. The number of amides is 1. The Labute approximate surface area is 139 Å². The molecular weight excluding hydrogens is 318 g/mol. The maximum atomic E-state index is 12.5. The number of aromatic nitrogens is 2. The van der Waals surface area contributed by atoms with Crippen molar-refractivity contribution in [2.24, 2.45) is 0 Å². The first kappa shape index (κ1) is 15.8. The van der Waals surface area contributed by atoms with E-state index in [1.54, 1.807) is 30.0 Å². The molecular formula is C16H18ClN3O3. The monoisotopic (exact) mass is 335 g/mol. The van der Waals surface area contributed by atoms with Crippen molar-refractivity contribution in [1.29, 1.82) is 0 Å². The molecule has 0 saturated carbocycles. The summed E-state index contributed by atoms with van der Waals surface area (Å²) in [5.74, 6) is 1.60. The Morgan fingerprint density at radius 1 is 1.48 bits per heavy atom. The zero-order valence-corrected chi connectivity index (χ0v) is 13.8. The molecule has 3 rings (SSSR count). The molecule has 122 valence electrons. The van der Waals surface area contributed by atoms with E-state index in [0.717, 1.165) is 18.4 Å². The summed E-state index contributed by atoms with van der Waals surface area (Å²) < 4.78 is 10.7. The van der Waals surface area contributed by atoms with E-state index in [4.69, 9.17) is 20.9 Å². The molecule has 1 saturated heterocycles. The van der Waals surface area contributed by atoms with Crippen LogP contribution in [-0.2, 0) is 4.79 Å². The van der Waals surface area contributed by atoms with Gasteiger partial charge in [0, 0.05) is 24.1 Å². The van der Waals surface area contributed by atoms with Crippen LogP contribution in [0.25, 0.3) is 0 Å². The molecule has 0 radical (unpaired) electrons. The normalized spacial score (nSPS) is 17.5. The molecule has 1 aliphatic rings. The lowest BCUT2D eigenvalue weighted by Crippen LogP contribution is -2.35. The standard InChI is InChI=1S/C16H18ClN3O3/c1-10-12(17)5-3-7-14(10)22-9-15(21)20-8-4-6-13(20)16-18-11(2)23-19-16/h3,5,7,13H,4,6,8-9H2,1-2H3. The molecule has 1 amide bonds. The van der Waals surface area contributed by atoms with Crippen molar-refractivity contribution in [2.75, 3.05) is 13.2 Å². The summed E-state index contributed by atoms with van der Waals surface area (Å²) in [5, 5.41) is 4.56. The SMILES string of the molecule is Cc1nc(C2CCCN2C(=O)COc2cccc(Cl)c2C)no1. The molecule has 0 N–H and O–H groups in total. The minimum atomic E-state index is -0.135. The Morgan fingerprint density at radius 3 is 3.04 bits per heavy atom. The van der Waals surface area contributed by atoms with E-state index in [1.165, 1.54) is 0 Å². The van der Waals surface area contributed by atoms with Gasteiger partial charge in [-0.2, -0.15) is 4.98 Å². The number of nitrogens with zero attached hydrogens (tertiary/aromatic N) is 3. The summed E-state index contributed by atoms with van der Waals surface area (Å²) in [5.41, 5.74) is 0.828. The Morgan fingerprint density at radius 2 is 2.30 bits per heavy atom. The van der Waals surface area contributed by atoms with E-state index in [9.17, 15) is 4.79 Å². The molecule has 0 bridgehead atoms. The van der Waals surface area contributed by atoms with E-state index in [0.29, 0.717) is 29.0 Å². The fraction of sp³-hybridized carbons (Fsp3) is 0.438. The topological polar surface area (TPSA) is 68.5 Å². The Balaban J connectivity index is 1.66. The third-order valence-corrected chi connectivity index (χ3v) is 4.39. The van der Waals surface area contributed by atoms with Gasteiger partial charge in [-0.05, 0) is 31.9 Å².